The van der Waals surface area contributed by atoms with E-state index in [4.69, 9.17) is 14.1 Å². The SMILES string of the molecule is CC1(C)Cc2c(C#N)c(N3CCN(C(=O)c4ccco4)C(C)(C)C3)nc(C3CC3)c2CO1. The molecule has 32 heavy (non-hydrogen) atoms. The maximum atomic E-state index is 13.0. The van der Waals surface area contributed by atoms with Crippen LogP contribution in [0.4, 0.5) is 5.82 Å². The molecule has 1 aliphatic carbocycles. The summed E-state index contributed by atoms with van der Waals surface area (Å²) in [6.45, 7) is 10.6. The van der Waals surface area contributed by atoms with Crippen LogP contribution in [0.2, 0.25) is 0 Å². The summed E-state index contributed by atoms with van der Waals surface area (Å²) in [4.78, 5) is 22.1. The molecule has 0 aromatic carbocycles. The molecule has 0 spiro atoms. The van der Waals surface area contributed by atoms with Gasteiger partial charge in [0.1, 0.15) is 11.9 Å². The van der Waals surface area contributed by atoms with Gasteiger partial charge >= 0.3 is 0 Å². The van der Waals surface area contributed by atoms with Crippen molar-refractivity contribution < 1.29 is 13.9 Å². The van der Waals surface area contributed by atoms with Crippen LogP contribution in [0.5, 0.6) is 0 Å². The lowest BCUT2D eigenvalue weighted by Crippen LogP contribution is -2.61. The van der Waals surface area contributed by atoms with Crippen molar-refractivity contribution in [1.29, 1.82) is 5.26 Å². The zero-order chi connectivity index (χ0) is 22.7. The molecule has 0 radical (unpaired) electrons. The number of piperazine rings is 1. The van der Waals surface area contributed by atoms with Gasteiger partial charge in [0.15, 0.2) is 5.76 Å². The molecular weight excluding hydrogens is 404 g/mol. The lowest BCUT2D eigenvalue weighted by Gasteiger charge is -2.47. The first-order valence-corrected chi connectivity index (χ1v) is 11.4. The topological polar surface area (TPSA) is 82.6 Å². The summed E-state index contributed by atoms with van der Waals surface area (Å²) < 4.78 is 11.4. The number of hydrogen-bond acceptors (Lipinski definition) is 6. The van der Waals surface area contributed by atoms with Gasteiger partial charge in [-0.15, -0.1) is 0 Å². The van der Waals surface area contributed by atoms with E-state index >= 15 is 0 Å². The van der Waals surface area contributed by atoms with Gasteiger partial charge in [-0.25, -0.2) is 4.98 Å². The summed E-state index contributed by atoms with van der Waals surface area (Å²) in [6.07, 6.45) is 4.52. The van der Waals surface area contributed by atoms with Crippen molar-refractivity contribution in [1.82, 2.24) is 9.88 Å². The number of furan rings is 1. The minimum absolute atomic E-state index is 0.101. The average molecular weight is 435 g/mol. The molecule has 0 atom stereocenters. The number of anilines is 1. The number of carbonyl (C=O) groups excluding carboxylic acids is 1. The van der Waals surface area contributed by atoms with Crippen LogP contribution in [-0.2, 0) is 17.8 Å². The van der Waals surface area contributed by atoms with Crippen LogP contribution in [0, 0.1) is 11.3 Å². The molecule has 2 fully saturated rings. The van der Waals surface area contributed by atoms with E-state index in [0.717, 1.165) is 35.5 Å². The first kappa shape index (κ1) is 21.0. The summed E-state index contributed by atoms with van der Waals surface area (Å²) in [5, 5.41) is 10.2. The van der Waals surface area contributed by atoms with E-state index < -0.39 is 5.54 Å². The zero-order valence-corrected chi connectivity index (χ0v) is 19.3. The number of carbonyl (C=O) groups is 1. The van der Waals surface area contributed by atoms with Crippen LogP contribution in [0.15, 0.2) is 22.8 Å². The van der Waals surface area contributed by atoms with E-state index in [1.54, 1.807) is 12.1 Å². The van der Waals surface area contributed by atoms with E-state index in [2.05, 4.69) is 38.7 Å². The molecule has 0 unspecified atom stereocenters. The minimum Gasteiger partial charge on any atom is -0.459 e. The van der Waals surface area contributed by atoms with Gasteiger partial charge in [-0.1, -0.05) is 0 Å². The third-order valence-electron chi connectivity index (χ3n) is 6.89. The van der Waals surface area contributed by atoms with Gasteiger partial charge in [0.2, 0.25) is 0 Å². The van der Waals surface area contributed by atoms with Crippen LogP contribution >= 0.6 is 0 Å². The summed E-state index contributed by atoms with van der Waals surface area (Å²) in [6, 6.07) is 5.91. The Labute approximate surface area is 189 Å². The fourth-order valence-electron chi connectivity index (χ4n) is 5.06. The highest BCUT2D eigenvalue weighted by atomic mass is 16.5. The predicted molar refractivity (Wildman–Crippen MR) is 120 cm³/mol. The van der Waals surface area contributed by atoms with Crippen molar-refractivity contribution in [2.75, 3.05) is 24.5 Å². The highest BCUT2D eigenvalue weighted by Crippen LogP contribution is 2.46. The monoisotopic (exact) mass is 434 g/mol. The third kappa shape index (κ3) is 3.57. The van der Waals surface area contributed by atoms with Gasteiger partial charge in [-0.05, 0) is 58.2 Å². The number of hydrogen-bond donors (Lipinski definition) is 0. The van der Waals surface area contributed by atoms with Crippen LogP contribution < -0.4 is 4.90 Å². The summed E-state index contributed by atoms with van der Waals surface area (Å²) >= 11 is 0. The molecule has 4 heterocycles. The summed E-state index contributed by atoms with van der Waals surface area (Å²) in [5.74, 6) is 1.49. The van der Waals surface area contributed by atoms with E-state index in [1.807, 2.05) is 4.90 Å². The van der Waals surface area contributed by atoms with Crippen molar-refractivity contribution in [3.63, 3.8) is 0 Å². The van der Waals surface area contributed by atoms with Crippen molar-refractivity contribution in [3.8, 4) is 6.07 Å². The van der Waals surface area contributed by atoms with Crippen LogP contribution in [0.3, 0.4) is 0 Å². The number of ether oxygens (including phenoxy) is 1. The number of rotatable bonds is 3. The number of aromatic nitrogens is 1. The quantitative estimate of drug-likeness (QED) is 0.726. The maximum absolute atomic E-state index is 13.0. The van der Waals surface area contributed by atoms with Crippen molar-refractivity contribution in [3.05, 3.63) is 46.5 Å². The average Bonchev–Trinajstić information content (AvgIpc) is 3.43. The van der Waals surface area contributed by atoms with Crippen molar-refractivity contribution in [2.45, 2.75) is 70.6 Å². The Morgan fingerprint density at radius 3 is 2.62 bits per heavy atom. The first-order chi connectivity index (χ1) is 15.2. The Morgan fingerprint density at radius 1 is 1.22 bits per heavy atom. The number of nitrogens with zero attached hydrogens (tertiary/aromatic N) is 4. The van der Waals surface area contributed by atoms with Crippen LogP contribution in [0.25, 0.3) is 0 Å². The predicted octanol–water partition coefficient (Wildman–Crippen LogP) is 4.02. The molecule has 7 nitrogen and oxygen atoms in total. The van der Waals surface area contributed by atoms with Gasteiger partial charge in [-0.2, -0.15) is 5.26 Å². The standard InChI is InChI=1S/C25H30N4O3/c1-24(2)15-28(9-10-29(24)23(30)20-6-5-11-31-20)22-18(13-26)17-12-25(3,4)32-14-19(17)21(27-22)16-7-8-16/h5-6,11,16H,7-10,12,14-15H2,1-4H3. The molecule has 2 aliphatic heterocycles. The Balaban J connectivity index is 1.51. The highest BCUT2D eigenvalue weighted by molar-refractivity contribution is 5.92. The molecule has 2 aromatic rings. The molecule has 7 heteroatoms. The third-order valence-corrected chi connectivity index (χ3v) is 6.89. The molecule has 3 aliphatic rings. The number of amides is 1. The fourth-order valence-corrected chi connectivity index (χ4v) is 5.06. The molecule has 1 saturated heterocycles. The van der Waals surface area contributed by atoms with E-state index in [0.29, 0.717) is 49.9 Å². The molecule has 5 rings (SSSR count). The minimum atomic E-state index is -0.436. The Kier molecular flexibility index (Phi) is 4.82. The molecule has 0 bridgehead atoms. The van der Waals surface area contributed by atoms with Gasteiger partial charge in [0, 0.05) is 37.5 Å². The highest BCUT2D eigenvalue weighted by Gasteiger charge is 2.41. The molecular formula is C25H30N4O3. The van der Waals surface area contributed by atoms with E-state index in [9.17, 15) is 10.1 Å². The van der Waals surface area contributed by atoms with E-state index in [-0.39, 0.29) is 11.5 Å². The lowest BCUT2D eigenvalue weighted by molar-refractivity contribution is -0.0407. The largest absolute Gasteiger partial charge is 0.459 e. The second kappa shape index (κ2) is 7.35. The molecule has 2 aromatic heterocycles. The number of fused-ring (bicyclic) bond motifs is 1. The van der Waals surface area contributed by atoms with Gasteiger partial charge < -0.3 is 19.0 Å². The molecule has 1 amide bonds. The lowest BCUT2D eigenvalue weighted by atomic mass is 9.87. The second-order valence-corrected chi connectivity index (χ2v) is 10.4. The van der Waals surface area contributed by atoms with Gasteiger partial charge in [0.05, 0.1) is 35.3 Å². The Morgan fingerprint density at radius 2 is 2.00 bits per heavy atom. The van der Waals surface area contributed by atoms with Crippen molar-refractivity contribution >= 4 is 11.7 Å². The first-order valence-electron chi connectivity index (χ1n) is 11.4. The Hall–Kier alpha value is -2.85. The Bertz CT molecular complexity index is 1090. The van der Waals surface area contributed by atoms with Gasteiger partial charge in [-0.3, -0.25) is 4.79 Å². The normalized spacial score (nSPS) is 21.7. The number of nitriles is 1. The van der Waals surface area contributed by atoms with Crippen LogP contribution in [0.1, 0.15) is 79.4 Å². The van der Waals surface area contributed by atoms with Crippen LogP contribution in [-0.4, -0.2) is 46.6 Å². The molecule has 168 valence electrons. The maximum Gasteiger partial charge on any atom is 0.290 e. The number of pyridine rings is 1. The summed E-state index contributed by atoms with van der Waals surface area (Å²) in [5.41, 5.74) is 3.26. The smallest absolute Gasteiger partial charge is 0.290 e. The molecule has 0 N–H and O–H groups in total. The summed E-state index contributed by atoms with van der Waals surface area (Å²) in [7, 11) is 0. The molecule has 1 saturated carbocycles. The zero-order valence-electron chi connectivity index (χ0n) is 19.3. The van der Waals surface area contributed by atoms with Crippen molar-refractivity contribution in [2.24, 2.45) is 0 Å². The van der Waals surface area contributed by atoms with E-state index in [1.165, 1.54) is 6.26 Å². The van der Waals surface area contributed by atoms with Gasteiger partial charge in [0.25, 0.3) is 5.91 Å². The second-order valence-electron chi connectivity index (χ2n) is 10.4. The fraction of sp³-hybridized carbons (Fsp3) is 0.560.